The summed E-state index contributed by atoms with van der Waals surface area (Å²) in [4.78, 5) is 23.8. The molecule has 0 spiro atoms. The fourth-order valence-electron chi connectivity index (χ4n) is 2.40. The van der Waals surface area contributed by atoms with E-state index in [0.717, 1.165) is 12.8 Å². The van der Waals surface area contributed by atoms with Crippen molar-refractivity contribution >= 4 is 17.3 Å². The second-order valence-electron chi connectivity index (χ2n) is 4.71. The number of hydrogen-bond donors (Lipinski definition) is 2. The molecule has 0 unspecified atom stereocenters. The molecule has 0 aliphatic heterocycles. The third-order valence-electron chi connectivity index (χ3n) is 3.49. The molecular weight excluding hydrogens is 274 g/mol. The molecule has 0 saturated carbocycles. The fourth-order valence-corrected chi connectivity index (χ4v) is 2.40. The molecule has 3 N–H and O–H groups in total. The number of carbonyl (C=O) groups excluding carboxylic acids is 1. The smallest absolute Gasteiger partial charge is 0.292 e. The first kappa shape index (κ1) is 16.9. The molecule has 0 fully saturated rings. The van der Waals surface area contributed by atoms with Crippen LogP contribution in [0.4, 0.5) is 11.4 Å². The van der Waals surface area contributed by atoms with Crippen LogP contribution >= 0.6 is 0 Å². The SMILES string of the molecule is CCC(CC)N(CCO)c1cc(C(N)=O)ccc1[N+](=O)[O-]. The van der Waals surface area contributed by atoms with Crippen molar-refractivity contribution < 1.29 is 14.8 Å². The number of primary amides is 1. The molecule has 0 aliphatic rings. The number of nitrogens with two attached hydrogens (primary N) is 1. The Morgan fingerprint density at radius 2 is 2.05 bits per heavy atom. The third kappa shape index (κ3) is 3.91. The normalized spacial score (nSPS) is 10.7. The summed E-state index contributed by atoms with van der Waals surface area (Å²) in [5, 5.41) is 20.5. The molecule has 1 aromatic carbocycles. The minimum atomic E-state index is -0.639. The summed E-state index contributed by atoms with van der Waals surface area (Å²) in [5.41, 5.74) is 5.68. The largest absolute Gasteiger partial charge is 0.395 e. The van der Waals surface area contributed by atoms with Crippen molar-refractivity contribution in [3.63, 3.8) is 0 Å². The van der Waals surface area contributed by atoms with Gasteiger partial charge < -0.3 is 15.7 Å². The molecule has 1 aromatic rings. The molecular formula is C14H21N3O4. The molecule has 0 heterocycles. The van der Waals surface area contributed by atoms with Crippen LogP contribution in [0.5, 0.6) is 0 Å². The average Bonchev–Trinajstić information content (AvgIpc) is 2.46. The van der Waals surface area contributed by atoms with Crippen LogP contribution in [0.1, 0.15) is 37.0 Å². The van der Waals surface area contributed by atoms with Crippen LogP contribution in [0.15, 0.2) is 18.2 Å². The number of rotatable bonds is 8. The summed E-state index contributed by atoms with van der Waals surface area (Å²) in [6.07, 6.45) is 1.54. The fraction of sp³-hybridized carbons (Fsp3) is 0.500. The highest BCUT2D eigenvalue weighted by Crippen LogP contribution is 2.31. The lowest BCUT2D eigenvalue weighted by atomic mass is 10.1. The maximum Gasteiger partial charge on any atom is 0.292 e. The Balaban J connectivity index is 3.41. The monoisotopic (exact) mass is 295 g/mol. The van der Waals surface area contributed by atoms with Gasteiger partial charge in [0.1, 0.15) is 5.69 Å². The van der Waals surface area contributed by atoms with E-state index in [1.807, 2.05) is 13.8 Å². The van der Waals surface area contributed by atoms with Gasteiger partial charge in [0.25, 0.3) is 5.69 Å². The van der Waals surface area contributed by atoms with E-state index in [9.17, 15) is 20.0 Å². The van der Waals surface area contributed by atoms with Crippen LogP contribution in [0, 0.1) is 10.1 Å². The van der Waals surface area contributed by atoms with Gasteiger partial charge in [-0.1, -0.05) is 13.8 Å². The lowest BCUT2D eigenvalue weighted by molar-refractivity contribution is -0.384. The summed E-state index contributed by atoms with van der Waals surface area (Å²) in [7, 11) is 0. The van der Waals surface area contributed by atoms with Crippen molar-refractivity contribution in [1.82, 2.24) is 0 Å². The van der Waals surface area contributed by atoms with E-state index in [1.54, 1.807) is 4.90 Å². The number of hydrogen-bond acceptors (Lipinski definition) is 5. The van der Waals surface area contributed by atoms with Crippen molar-refractivity contribution in [3.05, 3.63) is 33.9 Å². The number of amides is 1. The number of aliphatic hydroxyl groups excluding tert-OH is 1. The number of nitrogens with zero attached hydrogens (tertiary/aromatic N) is 2. The van der Waals surface area contributed by atoms with E-state index in [0.29, 0.717) is 5.69 Å². The molecule has 0 aromatic heterocycles. The standard InChI is InChI=1S/C14H21N3O4/c1-3-11(4-2)16(7-8-18)13-9-10(14(15)19)5-6-12(13)17(20)21/h5-6,9,11,18H,3-4,7-8H2,1-2H3,(H2,15,19). The van der Waals surface area contributed by atoms with Gasteiger partial charge in [0.2, 0.25) is 5.91 Å². The maximum atomic E-state index is 11.3. The van der Waals surface area contributed by atoms with Gasteiger partial charge in [0, 0.05) is 24.2 Å². The van der Waals surface area contributed by atoms with E-state index in [2.05, 4.69) is 0 Å². The summed E-state index contributed by atoms with van der Waals surface area (Å²) in [5.74, 6) is -0.639. The lowest BCUT2D eigenvalue weighted by Crippen LogP contribution is -2.37. The van der Waals surface area contributed by atoms with Crippen LogP contribution < -0.4 is 10.6 Å². The van der Waals surface area contributed by atoms with E-state index in [1.165, 1.54) is 18.2 Å². The van der Waals surface area contributed by atoms with E-state index in [-0.39, 0.29) is 30.4 Å². The molecule has 21 heavy (non-hydrogen) atoms. The predicted octanol–water partition coefficient (Wildman–Crippen LogP) is 1.68. The Morgan fingerprint density at radius 3 is 2.48 bits per heavy atom. The molecule has 7 heteroatoms. The summed E-state index contributed by atoms with van der Waals surface area (Å²) >= 11 is 0. The van der Waals surface area contributed by atoms with Crippen LogP contribution in [-0.4, -0.2) is 35.1 Å². The highest BCUT2D eigenvalue weighted by molar-refractivity contribution is 5.94. The molecule has 0 radical (unpaired) electrons. The van der Waals surface area contributed by atoms with E-state index >= 15 is 0 Å². The Bertz CT molecular complexity index is 515. The molecule has 1 amide bonds. The van der Waals surface area contributed by atoms with Crippen molar-refractivity contribution in [1.29, 1.82) is 0 Å². The molecule has 0 atom stereocenters. The van der Waals surface area contributed by atoms with Crippen molar-refractivity contribution in [2.24, 2.45) is 5.73 Å². The van der Waals surface area contributed by atoms with Crippen molar-refractivity contribution in [2.45, 2.75) is 32.7 Å². The minimum absolute atomic E-state index is 0.0407. The Labute approximate surface area is 123 Å². The molecule has 1 rings (SSSR count). The summed E-state index contributed by atoms with van der Waals surface area (Å²) in [6, 6.07) is 4.09. The van der Waals surface area contributed by atoms with Crippen LogP contribution in [-0.2, 0) is 0 Å². The molecule has 116 valence electrons. The van der Waals surface area contributed by atoms with Gasteiger partial charge in [0.05, 0.1) is 11.5 Å². The van der Waals surface area contributed by atoms with Gasteiger partial charge in [-0.25, -0.2) is 0 Å². The first-order valence-electron chi connectivity index (χ1n) is 6.91. The molecule has 0 bridgehead atoms. The highest BCUT2D eigenvalue weighted by Gasteiger charge is 2.24. The number of anilines is 1. The van der Waals surface area contributed by atoms with Crippen molar-refractivity contribution in [2.75, 3.05) is 18.1 Å². The average molecular weight is 295 g/mol. The third-order valence-corrected chi connectivity index (χ3v) is 3.49. The van der Waals surface area contributed by atoms with E-state index < -0.39 is 10.8 Å². The number of aliphatic hydroxyl groups is 1. The zero-order valence-electron chi connectivity index (χ0n) is 12.3. The zero-order chi connectivity index (χ0) is 16.0. The number of nitro benzene ring substituents is 1. The van der Waals surface area contributed by atoms with Crippen LogP contribution in [0.2, 0.25) is 0 Å². The van der Waals surface area contributed by atoms with Crippen molar-refractivity contribution in [3.8, 4) is 0 Å². The predicted molar refractivity (Wildman–Crippen MR) is 80.4 cm³/mol. The number of carbonyl (C=O) groups is 1. The molecule has 7 nitrogen and oxygen atoms in total. The molecule has 0 aliphatic carbocycles. The van der Waals surface area contributed by atoms with Gasteiger partial charge in [-0.05, 0) is 25.0 Å². The lowest BCUT2D eigenvalue weighted by Gasteiger charge is -2.31. The number of nitro groups is 1. The first-order chi connectivity index (χ1) is 9.96. The minimum Gasteiger partial charge on any atom is -0.395 e. The topological polar surface area (TPSA) is 110 Å². The number of benzene rings is 1. The Morgan fingerprint density at radius 1 is 1.43 bits per heavy atom. The summed E-state index contributed by atoms with van der Waals surface area (Å²) < 4.78 is 0. The quantitative estimate of drug-likeness (QED) is 0.560. The van der Waals surface area contributed by atoms with Gasteiger partial charge in [-0.15, -0.1) is 0 Å². The van der Waals surface area contributed by atoms with Gasteiger partial charge in [0.15, 0.2) is 0 Å². The Kier molecular flexibility index (Phi) is 6.10. The van der Waals surface area contributed by atoms with Crippen LogP contribution in [0.3, 0.4) is 0 Å². The maximum absolute atomic E-state index is 11.3. The highest BCUT2D eigenvalue weighted by atomic mass is 16.6. The first-order valence-corrected chi connectivity index (χ1v) is 6.91. The van der Waals surface area contributed by atoms with Gasteiger partial charge in [-0.3, -0.25) is 14.9 Å². The summed E-state index contributed by atoms with van der Waals surface area (Å²) in [6.45, 7) is 4.08. The molecule has 0 saturated heterocycles. The second-order valence-corrected chi connectivity index (χ2v) is 4.71. The zero-order valence-corrected chi connectivity index (χ0v) is 12.3. The second kappa shape index (κ2) is 7.58. The Hall–Kier alpha value is -2.15. The van der Waals surface area contributed by atoms with Gasteiger partial charge in [-0.2, -0.15) is 0 Å². The van der Waals surface area contributed by atoms with E-state index in [4.69, 9.17) is 5.73 Å². The van der Waals surface area contributed by atoms with Crippen LogP contribution in [0.25, 0.3) is 0 Å². The van der Waals surface area contributed by atoms with Gasteiger partial charge >= 0.3 is 0 Å².